The molecule has 0 aliphatic carbocycles. The molecule has 2 unspecified atom stereocenters. The number of thioether (sulfide) groups is 1. The van der Waals surface area contributed by atoms with Crippen LogP contribution in [0.4, 0.5) is 0 Å². The minimum Gasteiger partial charge on any atom is -0.389 e. The fraction of sp³-hybridized carbons (Fsp3) is 0.500. The molecule has 1 aromatic rings. The predicted octanol–water partition coefficient (Wildman–Crippen LogP) is 1.01. The van der Waals surface area contributed by atoms with Crippen LogP contribution in [0.15, 0.2) is 18.2 Å². The molecule has 0 saturated heterocycles. The number of rotatable bonds is 4. The fourth-order valence-electron chi connectivity index (χ4n) is 2.20. The lowest BCUT2D eigenvalue weighted by molar-refractivity contribution is -0.109. The van der Waals surface area contributed by atoms with Gasteiger partial charge >= 0.3 is 0 Å². The summed E-state index contributed by atoms with van der Waals surface area (Å²) in [6, 6.07) is 5.81. The van der Waals surface area contributed by atoms with Crippen molar-refractivity contribution in [3.05, 3.63) is 34.9 Å². The van der Waals surface area contributed by atoms with Crippen LogP contribution < -0.4 is 5.32 Å². The van der Waals surface area contributed by atoms with Gasteiger partial charge in [0.05, 0.1) is 6.10 Å². The lowest BCUT2D eigenvalue weighted by Gasteiger charge is -2.21. The number of carbonyl (C=O) groups excluding carboxylic acids is 1. The first-order valence-corrected chi connectivity index (χ1v) is 7.38. The smallest absolute Gasteiger partial charge is 0.185 e. The van der Waals surface area contributed by atoms with Crippen molar-refractivity contribution in [3.63, 3.8) is 0 Å². The summed E-state index contributed by atoms with van der Waals surface area (Å²) in [6.45, 7) is 3.23. The van der Waals surface area contributed by atoms with Gasteiger partial charge in [-0.05, 0) is 29.7 Å². The molecule has 2 rings (SSSR count). The highest BCUT2D eigenvalue weighted by atomic mass is 32.2. The average Bonchev–Trinajstić information content (AvgIpc) is 2.43. The van der Waals surface area contributed by atoms with Crippen molar-refractivity contribution in [1.29, 1.82) is 0 Å². The molecule has 0 fully saturated rings. The SMILES string of the molecule is CC(=O)SCC(O)C(O)c1ccc2c(c1)CNCC2. The Morgan fingerprint density at radius 2 is 2.21 bits per heavy atom. The van der Waals surface area contributed by atoms with Crippen molar-refractivity contribution < 1.29 is 15.0 Å². The Labute approximate surface area is 117 Å². The van der Waals surface area contributed by atoms with Crippen molar-refractivity contribution in [2.75, 3.05) is 12.3 Å². The maximum Gasteiger partial charge on any atom is 0.185 e. The van der Waals surface area contributed by atoms with Crippen molar-refractivity contribution in [3.8, 4) is 0 Å². The molecule has 0 aromatic heterocycles. The Morgan fingerprint density at radius 3 is 2.95 bits per heavy atom. The van der Waals surface area contributed by atoms with Crippen LogP contribution in [0.25, 0.3) is 0 Å². The van der Waals surface area contributed by atoms with E-state index in [2.05, 4.69) is 5.32 Å². The van der Waals surface area contributed by atoms with Crippen LogP contribution in [0.2, 0.25) is 0 Å². The van der Waals surface area contributed by atoms with Gasteiger partial charge in [0, 0.05) is 19.2 Å². The summed E-state index contributed by atoms with van der Waals surface area (Å²) in [5.74, 6) is 0.214. The summed E-state index contributed by atoms with van der Waals surface area (Å²) in [6.07, 6.45) is -0.878. The van der Waals surface area contributed by atoms with Crippen molar-refractivity contribution in [2.45, 2.75) is 32.1 Å². The second-order valence-corrected chi connectivity index (χ2v) is 5.97. The first kappa shape index (κ1) is 14.5. The number of carbonyl (C=O) groups is 1. The zero-order chi connectivity index (χ0) is 13.8. The summed E-state index contributed by atoms with van der Waals surface area (Å²) in [7, 11) is 0. The van der Waals surface area contributed by atoms with Gasteiger partial charge in [-0.1, -0.05) is 30.0 Å². The molecule has 2 atom stereocenters. The Bertz CT molecular complexity index is 464. The highest BCUT2D eigenvalue weighted by molar-refractivity contribution is 8.13. The molecule has 5 heteroatoms. The van der Waals surface area contributed by atoms with Crippen LogP contribution in [-0.2, 0) is 17.8 Å². The van der Waals surface area contributed by atoms with Crippen molar-refractivity contribution in [2.24, 2.45) is 0 Å². The van der Waals surface area contributed by atoms with Gasteiger partial charge in [-0.25, -0.2) is 0 Å². The van der Waals surface area contributed by atoms with Crippen molar-refractivity contribution >= 4 is 16.9 Å². The highest BCUT2D eigenvalue weighted by Crippen LogP contribution is 2.24. The zero-order valence-corrected chi connectivity index (χ0v) is 11.7. The van der Waals surface area contributed by atoms with E-state index in [1.807, 2.05) is 18.2 Å². The monoisotopic (exact) mass is 281 g/mol. The van der Waals surface area contributed by atoms with Gasteiger partial charge in [0.15, 0.2) is 5.12 Å². The van der Waals surface area contributed by atoms with Gasteiger partial charge in [0.25, 0.3) is 0 Å². The Morgan fingerprint density at radius 1 is 1.42 bits per heavy atom. The van der Waals surface area contributed by atoms with Crippen LogP contribution in [0.5, 0.6) is 0 Å². The molecule has 0 saturated carbocycles. The maximum absolute atomic E-state index is 10.9. The van der Waals surface area contributed by atoms with E-state index in [1.54, 1.807) is 0 Å². The van der Waals surface area contributed by atoms with E-state index in [0.717, 1.165) is 31.3 Å². The molecule has 1 heterocycles. The summed E-state index contributed by atoms with van der Waals surface area (Å²) < 4.78 is 0. The molecular weight excluding hydrogens is 262 g/mol. The number of hydrogen-bond acceptors (Lipinski definition) is 5. The lowest BCUT2D eigenvalue weighted by atomic mass is 9.95. The van der Waals surface area contributed by atoms with Gasteiger partial charge in [0.1, 0.15) is 6.10 Å². The van der Waals surface area contributed by atoms with Crippen LogP contribution in [-0.4, -0.2) is 33.7 Å². The fourth-order valence-corrected chi connectivity index (χ4v) is 2.79. The number of aliphatic hydroxyl groups excluding tert-OH is 2. The molecule has 19 heavy (non-hydrogen) atoms. The minimum atomic E-state index is -0.945. The van der Waals surface area contributed by atoms with E-state index in [4.69, 9.17) is 0 Å². The third-order valence-electron chi connectivity index (χ3n) is 3.28. The number of hydrogen-bond donors (Lipinski definition) is 3. The van der Waals surface area contributed by atoms with E-state index >= 15 is 0 Å². The summed E-state index contributed by atoms with van der Waals surface area (Å²) in [5.41, 5.74) is 3.18. The summed E-state index contributed by atoms with van der Waals surface area (Å²) in [5, 5.41) is 23.2. The van der Waals surface area contributed by atoms with Crippen LogP contribution in [0.3, 0.4) is 0 Å². The minimum absolute atomic E-state index is 0.0547. The predicted molar refractivity (Wildman–Crippen MR) is 76.0 cm³/mol. The first-order valence-electron chi connectivity index (χ1n) is 6.40. The van der Waals surface area contributed by atoms with Crippen LogP contribution in [0.1, 0.15) is 29.7 Å². The average molecular weight is 281 g/mol. The van der Waals surface area contributed by atoms with Crippen molar-refractivity contribution in [1.82, 2.24) is 5.32 Å². The Balaban J connectivity index is 2.06. The normalized spacial score (nSPS) is 17.6. The highest BCUT2D eigenvalue weighted by Gasteiger charge is 2.20. The molecule has 0 amide bonds. The second-order valence-electron chi connectivity index (χ2n) is 4.77. The zero-order valence-electron chi connectivity index (χ0n) is 10.9. The molecule has 1 aromatic carbocycles. The molecule has 0 spiro atoms. The molecule has 0 radical (unpaired) electrons. The molecular formula is C14H19NO3S. The first-order chi connectivity index (χ1) is 9.08. The van der Waals surface area contributed by atoms with E-state index in [0.29, 0.717) is 5.56 Å². The Kier molecular flexibility index (Phi) is 4.99. The number of fused-ring (bicyclic) bond motifs is 1. The van der Waals surface area contributed by atoms with Gasteiger partial charge in [-0.3, -0.25) is 4.79 Å². The number of aliphatic hydroxyl groups is 2. The van der Waals surface area contributed by atoms with E-state index in [9.17, 15) is 15.0 Å². The topological polar surface area (TPSA) is 69.6 Å². The molecule has 104 valence electrons. The van der Waals surface area contributed by atoms with E-state index < -0.39 is 12.2 Å². The lowest BCUT2D eigenvalue weighted by Crippen LogP contribution is -2.25. The van der Waals surface area contributed by atoms with Gasteiger partial charge < -0.3 is 15.5 Å². The third kappa shape index (κ3) is 3.79. The molecule has 0 bridgehead atoms. The van der Waals surface area contributed by atoms with Gasteiger partial charge in [0.2, 0.25) is 0 Å². The van der Waals surface area contributed by atoms with Crippen LogP contribution >= 0.6 is 11.8 Å². The molecule has 1 aliphatic heterocycles. The van der Waals surface area contributed by atoms with Gasteiger partial charge in [-0.15, -0.1) is 0 Å². The van der Waals surface area contributed by atoms with Crippen LogP contribution in [0, 0.1) is 0 Å². The second kappa shape index (κ2) is 6.52. The van der Waals surface area contributed by atoms with Gasteiger partial charge in [-0.2, -0.15) is 0 Å². The quantitative estimate of drug-likeness (QED) is 0.768. The number of nitrogens with one attached hydrogen (secondary N) is 1. The number of benzene rings is 1. The Hall–Kier alpha value is -0.880. The summed E-state index contributed by atoms with van der Waals surface area (Å²) in [4.78, 5) is 10.9. The third-order valence-corrected chi connectivity index (χ3v) is 4.19. The molecule has 3 N–H and O–H groups in total. The van der Waals surface area contributed by atoms with E-state index in [1.165, 1.54) is 18.1 Å². The molecule has 1 aliphatic rings. The molecule has 4 nitrogen and oxygen atoms in total. The summed E-state index contributed by atoms with van der Waals surface area (Å²) >= 11 is 1.03. The maximum atomic E-state index is 10.9. The van der Waals surface area contributed by atoms with E-state index in [-0.39, 0.29) is 10.9 Å². The standard InChI is InChI=1S/C14H19NO3S/c1-9(16)19-8-13(17)14(18)11-3-2-10-4-5-15-7-12(10)6-11/h2-3,6,13-15,17-18H,4-5,7-8H2,1H3. The largest absolute Gasteiger partial charge is 0.389 e.